The molecule has 0 fully saturated rings. The number of benzene rings is 2. The lowest BCUT2D eigenvalue weighted by molar-refractivity contribution is -0.137. The van der Waals surface area contributed by atoms with Crippen molar-refractivity contribution in [3.8, 4) is 16.9 Å². The standard InChI is InChI=1S/C22H14F5N3O3S/c1-2-34(32,33)19-7-13(12-5-15(23)9-16(24)6-12)10-28-20(19)30-11-29-18-8-14(22(25,26)27)3-4-17(18)21(30)31/h3-11H,2H2,1H3. The van der Waals surface area contributed by atoms with E-state index in [-0.39, 0.29) is 33.6 Å². The molecule has 0 aliphatic heterocycles. The number of pyridine rings is 1. The van der Waals surface area contributed by atoms with Crippen LogP contribution in [0.1, 0.15) is 12.5 Å². The van der Waals surface area contributed by atoms with Gasteiger partial charge < -0.3 is 0 Å². The monoisotopic (exact) mass is 495 g/mol. The van der Waals surface area contributed by atoms with Crippen molar-refractivity contribution in [2.75, 3.05) is 5.75 Å². The smallest absolute Gasteiger partial charge is 0.268 e. The Balaban J connectivity index is 1.95. The third-order valence-corrected chi connectivity index (χ3v) is 6.79. The van der Waals surface area contributed by atoms with E-state index in [1.54, 1.807) is 0 Å². The Morgan fingerprint density at radius 2 is 1.62 bits per heavy atom. The van der Waals surface area contributed by atoms with Crippen LogP contribution in [0.3, 0.4) is 0 Å². The first kappa shape index (κ1) is 23.5. The van der Waals surface area contributed by atoms with Crippen LogP contribution in [-0.4, -0.2) is 28.7 Å². The van der Waals surface area contributed by atoms with Gasteiger partial charge in [0.1, 0.15) is 22.9 Å². The molecule has 0 atom stereocenters. The molecule has 0 saturated carbocycles. The first-order valence-electron chi connectivity index (χ1n) is 9.69. The summed E-state index contributed by atoms with van der Waals surface area (Å²) in [5.74, 6) is -2.49. The third kappa shape index (κ3) is 4.28. The van der Waals surface area contributed by atoms with Gasteiger partial charge in [-0.05, 0) is 42.0 Å². The van der Waals surface area contributed by atoms with Crippen LogP contribution in [0, 0.1) is 11.6 Å². The fourth-order valence-electron chi connectivity index (χ4n) is 3.33. The Morgan fingerprint density at radius 1 is 0.941 bits per heavy atom. The number of alkyl halides is 3. The molecule has 34 heavy (non-hydrogen) atoms. The number of hydrogen-bond donors (Lipinski definition) is 0. The molecular formula is C22H14F5N3O3S. The largest absolute Gasteiger partial charge is 0.416 e. The van der Waals surface area contributed by atoms with E-state index in [0.717, 1.165) is 41.4 Å². The van der Waals surface area contributed by atoms with Crippen molar-refractivity contribution in [3.63, 3.8) is 0 Å². The lowest BCUT2D eigenvalue weighted by atomic mass is 10.1. The first-order valence-corrected chi connectivity index (χ1v) is 11.3. The molecule has 0 aliphatic carbocycles. The van der Waals surface area contributed by atoms with Crippen LogP contribution in [0.15, 0.2) is 64.7 Å². The second kappa shape index (κ2) is 8.28. The number of fused-ring (bicyclic) bond motifs is 1. The Kier molecular flexibility index (Phi) is 5.72. The van der Waals surface area contributed by atoms with E-state index >= 15 is 0 Å². The van der Waals surface area contributed by atoms with E-state index in [1.165, 1.54) is 6.92 Å². The summed E-state index contributed by atoms with van der Waals surface area (Å²) in [5, 5.41) is -0.187. The molecule has 2 aromatic carbocycles. The van der Waals surface area contributed by atoms with Crippen molar-refractivity contribution >= 4 is 20.7 Å². The van der Waals surface area contributed by atoms with Gasteiger partial charge in [0.15, 0.2) is 15.7 Å². The van der Waals surface area contributed by atoms with E-state index in [4.69, 9.17) is 0 Å². The van der Waals surface area contributed by atoms with Crippen LogP contribution in [0.25, 0.3) is 27.8 Å². The first-order chi connectivity index (χ1) is 15.9. The van der Waals surface area contributed by atoms with E-state index in [1.807, 2.05) is 0 Å². The zero-order valence-corrected chi connectivity index (χ0v) is 18.1. The molecule has 0 amide bonds. The van der Waals surface area contributed by atoms with Crippen molar-refractivity contribution in [3.05, 3.63) is 82.5 Å². The van der Waals surface area contributed by atoms with Gasteiger partial charge in [0, 0.05) is 17.8 Å². The number of hydrogen-bond acceptors (Lipinski definition) is 5. The van der Waals surface area contributed by atoms with Crippen LogP contribution >= 0.6 is 0 Å². The van der Waals surface area contributed by atoms with Crippen LogP contribution in [-0.2, 0) is 16.0 Å². The van der Waals surface area contributed by atoms with Gasteiger partial charge in [0.05, 0.1) is 22.2 Å². The topological polar surface area (TPSA) is 81.9 Å². The van der Waals surface area contributed by atoms with E-state index in [2.05, 4.69) is 9.97 Å². The zero-order valence-electron chi connectivity index (χ0n) is 17.3. The highest BCUT2D eigenvalue weighted by Gasteiger charge is 2.31. The maximum atomic E-state index is 13.7. The molecule has 2 heterocycles. The molecule has 0 saturated heterocycles. The van der Waals surface area contributed by atoms with Gasteiger partial charge in [-0.15, -0.1) is 0 Å². The number of sulfone groups is 1. The average molecular weight is 495 g/mol. The summed E-state index contributed by atoms with van der Waals surface area (Å²) >= 11 is 0. The van der Waals surface area contributed by atoms with Gasteiger partial charge in [-0.3, -0.25) is 4.79 Å². The highest BCUT2D eigenvalue weighted by Crippen LogP contribution is 2.31. The van der Waals surface area contributed by atoms with Crippen molar-refractivity contribution < 1.29 is 30.4 Å². The lowest BCUT2D eigenvalue weighted by Gasteiger charge is -2.13. The van der Waals surface area contributed by atoms with Crippen molar-refractivity contribution in [2.45, 2.75) is 18.0 Å². The SMILES string of the molecule is CCS(=O)(=O)c1cc(-c2cc(F)cc(F)c2)cnc1-n1cnc2cc(C(F)(F)F)ccc2c1=O. The maximum absolute atomic E-state index is 13.7. The second-order valence-corrected chi connectivity index (χ2v) is 9.50. The summed E-state index contributed by atoms with van der Waals surface area (Å²) in [6, 6.07) is 6.13. The second-order valence-electron chi connectivity index (χ2n) is 7.26. The minimum absolute atomic E-state index is 0.0211. The molecule has 2 aromatic heterocycles. The molecule has 0 N–H and O–H groups in total. The normalized spacial score (nSPS) is 12.3. The minimum Gasteiger partial charge on any atom is -0.268 e. The van der Waals surface area contributed by atoms with Crippen molar-refractivity contribution in [1.82, 2.24) is 14.5 Å². The Labute approximate surface area is 189 Å². The molecule has 176 valence electrons. The Morgan fingerprint density at radius 3 is 2.24 bits per heavy atom. The molecule has 4 aromatic rings. The predicted octanol–water partition coefficient (Wildman–Crippen LogP) is 4.54. The third-order valence-electron chi connectivity index (χ3n) is 5.06. The summed E-state index contributed by atoms with van der Waals surface area (Å²) in [4.78, 5) is 20.5. The highest BCUT2D eigenvalue weighted by atomic mass is 32.2. The number of nitrogens with zero attached hydrogens (tertiary/aromatic N) is 3. The van der Waals surface area contributed by atoms with E-state index in [9.17, 15) is 35.2 Å². The highest BCUT2D eigenvalue weighted by molar-refractivity contribution is 7.91. The van der Waals surface area contributed by atoms with Crippen LogP contribution < -0.4 is 5.56 Å². The van der Waals surface area contributed by atoms with Gasteiger partial charge in [-0.2, -0.15) is 13.2 Å². The molecule has 4 rings (SSSR count). The summed E-state index contributed by atoms with van der Waals surface area (Å²) < 4.78 is 92.6. The average Bonchev–Trinajstić information content (AvgIpc) is 2.77. The zero-order chi connectivity index (χ0) is 24.8. The quantitative estimate of drug-likeness (QED) is 0.389. The molecule has 0 bridgehead atoms. The number of halogens is 5. The van der Waals surface area contributed by atoms with E-state index in [0.29, 0.717) is 18.2 Å². The molecule has 6 nitrogen and oxygen atoms in total. The number of aromatic nitrogens is 3. The van der Waals surface area contributed by atoms with Gasteiger partial charge in [0.2, 0.25) is 0 Å². The Bertz CT molecular complexity index is 1580. The van der Waals surface area contributed by atoms with Gasteiger partial charge >= 0.3 is 6.18 Å². The van der Waals surface area contributed by atoms with Crippen molar-refractivity contribution in [2.24, 2.45) is 0 Å². The lowest BCUT2D eigenvalue weighted by Crippen LogP contribution is -2.23. The Hall–Kier alpha value is -3.67. The van der Waals surface area contributed by atoms with E-state index < -0.39 is 43.7 Å². The maximum Gasteiger partial charge on any atom is 0.416 e. The molecule has 12 heteroatoms. The molecule has 0 spiro atoms. The molecule has 0 aliphatic rings. The fraction of sp³-hybridized carbons (Fsp3) is 0.136. The van der Waals surface area contributed by atoms with Gasteiger partial charge in [-0.1, -0.05) is 6.92 Å². The van der Waals surface area contributed by atoms with Gasteiger partial charge in [0.25, 0.3) is 5.56 Å². The van der Waals surface area contributed by atoms with Crippen LogP contribution in [0.5, 0.6) is 0 Å². The molecule has 0 radical (unpaired) electrons. The van der Waals surface area contributed by atoms with Crippen LogP contribution in [0.4, 0.5) is 22.0 Å². The predicted molar refractivity (Wildman–Crippen MR) is 113 cm³/mol. The van der Waals surface area contributed by atoms with Crippen molar-refractivity contribution in [1.29, 1.82) is 0 Å². The summed E-state index contributed by atoms with van der Waals surface area (Å²) in [5.41, 5.74) is -1.98. The minimum atomic E-state index is -4.64. The van der Waals surface area contributed by atoms with Crippen LogP contribution in [0.2, 0.25) is 0 Å². The summed E-state index contributed by atoms with van der Waals surface area (Å²) in [6.07, 6.45) is -2.63. The van der Waals surface area contributed by atoms with Gasteiger partial charge in [-0.25, -0.2) is 31.7 Å². The number of rotatable bonds is 4. The molecular weight excluding hydrogens is 481 g/mol. The fourth-order valence-corrected chi connectivity index (χ4v) is 4.38. The molecule has 0 unspecified atom stereocenters. The summed E-state index contributed by atoms with van der Waals surface area (Å²) in [6.45, 7) is 1.35. The summed E-state index contributed by atoms with van der Waals surface area (Å²) in [7, 11) is -4.01.